The van der Waals surface area contributed by atoms with Crippen LogP contribution >= 0.6 is 24.8 Å². The predicted molar refractivity (Wildman–Crippen MR) is 106 cm³/mol. The van der Waals surface area contributed by atoms with Crippen LogP contribution in [0.3, 0.4) is 0 Å². The van der Waals surface area contributed by atoms with Crippen LogP contribution in [-0.2, 0) is 30.8 Å². The van der Waals surface area contributed by atoms with E-state index in [1.807, 2.05) is 0 Å². The molecule has 0 fully saturated rings. The zero-order valence-electron chi connectivity index (χ0n) is 14.8. The van der Waals surface area contributed by atoms with Crippen LogP contribution in [0.15, 0.2) is 45.4 Å². The Labute approximate surface area is 169 Å². The van der Waals surface area contributed by atoms with Crippen LogP contribution in [0.1, 0.15) is 28.1 Å². The highest BCUT2D eigenvalue weighted by atomic mass is 35.5. The number of hydrogen-bond donors (Lipinski definition) is 2. The third-order valence-electron chi connectivity index (χ3n) is 4.34. The fourth-order valence-electron chi connectivity index (χ4n) is 2.97. The Kier molecular flexibility index (Phi) is 7.07. The van der Waals surface area contributed by atoms with E-state index in [9.17, 15) is 4.79 Å². The minimum absolute atomic E-state index is 0. The Morgan fingerprint density at radius 1 is 1.22 bits per heavy atom. The number of amides is 1. The maximum absolute atomic E-state index is 12.2. The van der Waals surface area contributed by atoms with Crippen molar-refractivity contribution in [2.75, 3.05) is 0 Å². The van der Waals surface area contributed by atoms with Crippen molar-refractivity contribution in [2.45, 2.75) is 33.0 Å². The van der Waals surface area contributed by atoms with Crippen LogP contribution in [0.5, 0.6) is 0 Å². The molecule has 0 saturated carbocycles. The van der Waals surface area contributed by atoms with Gasteiger partial charge in [0.15, 0.2) is 5.76 Å². The lowest BCUT2D eigenvalue weighted by Gasteiger charge is -2.06. The molecule has 1 aliphatic heterocycles. The summed E-state index contributed by atoms with van der Waals surface area (Å²) in [5.41, 5.74) is 4.37. The molecule has 1 aliphatic rings. The van der Waals surface area contributed by atoms with E-state index >= 15 is 0 Å². The van der Waals surface area contributed by atoms with Gasteiger partial charge in [0.1, 0.15) is 5.76 Å². The third kappa shape index (κ3) is 4.71. The largest absolute Gasteiger partial charge is 0.459 e. The molecule has 0 aliphatic carbocycles. The van der Waals surface area contributed by atoms with Gasteiger partial charge in [0.05, 0.1) is 18.4 Å². The van der Waals surface area contributed by atoms with Gasteiger partial charge in [-0.3, -0.25) is 4.79 Å². The summed E-state index contributed by atoms with van der Waals surface area (Å²) in [5.74, 6) is 1.50. The summed E-state index contributed by atoms with van der Waals surface area (Å²) in [6.07, 6.45) is 1.75. The third-order valence-corrected chi connectivity index (χ3v) is 4.34. The standard InChI is InChI=1S/C19H19N3O3.2ClH/c1-12-16(22-19(25-12)17-3-2-6-24-17)8-18(23)21-9-13-4-5-14-10-20-11-15(14)7-13;;/h2-7,20H,8-11H2,1H3,(H,21,23);2*1H. The molecule has 3 aromatic rings. The molecule has 2 N–H and O–H groups in total. The molecule has 0 atom stereocenters. The highest BCUT2D eigenvalue weighted by Crippen LogP contribution is 2.22. The summed E-state index contributed by atoms with van der Waals surface area (Å²) in [6.45, 7) is 4.12. The van der Waals surface area contributed by atoms with Gasteiger partial charge in [0.25, 0.3) is 5.89 Å². The van der Waals surface area contributed by atoms with E-state index in [0.29, 0.717) is 29.6 Å². The highest BCUT2D eigenvalue weighted by Gasteiger charge is 2.16. The molecule has 1 aromatic carbocycles. The van der Waals surface area contributed by atoms with Crippen molar-refractivity contribution in [3.63, 3.8) is 0 Å². The maximum Gasteiger partial charge on any atom is 0.263 e. The Balaban J connectivity index is 0.00000131. The molecule has 1 amide bonds. The number of aryl methyl sites for hydroxylation is 1. The fraction of sp³-hybridized carbons (Fsp3) is 0.263. The Morgan fingerprint density at radius 3 is 2.81 bits per heavy atom. The summed E-state index contributed by atoms with van der Waals surface area (Å²) in [5, 5.41) is 6.26. The average molecular weight is 410 g/mol. The number of nitrogens with zero attached hydrogens (tertiary/aromatic N) is 1. The van der Waals surface area contributed by atoms with E-state index in [1.54, 1.807) is 25.3 Å². The quantitative estimate of drug-likeness (QED) is 0.673. The highest BCUT2D eigenvalue weighted by molar-refractivity contribution is 5.85. The minimum Gasteiger partial charge on any atom is -0.459 e. The first-order chi connectivity index (χ1) is 12.2. The van der Waals surface area contributed by atoms with E-state index in [2.05, 4.69) is 33.8 Å². The number of carbonyl (C=O) groups is 1. The molecule has 6 nitrogen and oxygen atoms in total. The molecule has 0 saturated heterocycles. The van der Waals surface area contributed by atoms with Crippen molar-refractivity contribution in [2.24, 2.45) is 0 Å². The first-order valence-electron chi connectivity index (χ1n) is 8.27. The molecular formula is C19H21Cl2N3O3. The molecular weight excluding hydrogens is 389 g/mol. The zero-order chi connectivity index (χ0) is 17.2. The number of furan rings is 1. The molecule has 3 heterocycles. The number of aromatic nitrogens is 1. The Morgan fingerprint density at radius 2 is 2.04 bits per heavy atom. The lowest BCUT2D eigenvalue weighted by Crippen LogP contribution is -2.25. The lowest BCUT2D eigenvalue weighted by atomic mass is 10.1. The normalized spacial score (nSPS) is 12.0. The first-order valence-corrected chi connectivity index (χ1v) is 8.27. The topological polar surface area (TPSA) is 80.3 Å². The molecule has 4 rings (SSSR count). The number of halogens is 2. The van der Waals surface area contributed by atoms with Crippen molar-refractivity contribution in [3.05, 3.63) is 64.7 Å². The molecule has 27 heavy (non-hydrogen) atoms. The van der Waals surface area contributed by atoms with Crippen molar-refractivity contribution >= 4 is 30.7 Å². The van der Waals surface area contributed by atoms with Crippen LogP contribution in [0.4, 0.5) is 0 Å². The SMILES string of the molecule is Cc1oc(-c2ccco2)nc1CC(=O)NCc1ccc2c(c1)CNC2.Cl.Cl. The second kappa shape index (κ2) is 9.08. The number of oxazole rings is 1. The van der Waals surface area contributed by atoms with Crippen LogP contribution in [0.2, 0.25) is 0 Å². The van der Waals surface area contributed by atoms with E-state index in [-0.39, 0.29) is 37.1 Å². The van der Waals surface area contributed by atoms with Crippen LogP contribution in [-0.4, -0.2) is 10.9 Å². The molecule has 0 unspecified atom stereocenters. The molecule has 144 valence electrons. The van der Waals surface area contributed by atoms with Gasteiger partial charge >= 0.3 is 0 Å². The average Bonchev–Trinajstić information content (AvgIpc) is 3.34. The predicted octanol–water partition coefficient (Wildman–Crippen LogP) is 3.55. The summed E-state index contributed by atoms with van der Waals surface area (Å²) in [7, 11) is 0. The zero-order valence-corrected chi connectivity index (χ0v) is 16.4. The second-order valence-corrected chi connectivity index (χ2v) is 6.16. The number of rotatable bonds is 5. The van der Waals surface area contributed by atoms with Crippen molar-refractivity contribution in [1.29, 1.82) is 0 Å². The van der Waals surface area contributed by atoms with Crippen LogP contribution in [0.25, 0.3) is 11.7 Å². The van der Waals surface area contributed by atoms with Gasteiger partial charge in [-0.05, 0) is 35.7 Å². The van der Waals surface area contributed by atoms with E-state index < -0.39 is 0 Å². The molecule has 0 radical (unpaired) electrons. The first kappa shape index (κ1) is 21.0. The van der Waals surface area contributed by atoms with Gasteiger partial charge in [0, 0.05) is 19.6 Å². The summed E-state index contributed by atoms with van der Waals surface area (Å²) in [6, 6.07) is 9.87. The number of fused-ring (bicyclic) bond motifs is 1. The molecule has 0 spiro atoms. The van der Waals surface area contributed by atoms with E-state index in [1.165, 1.54) is 11.1 Å². The van der Waals surface area contributed by atoms with Crippen LogP contribution < -0.4 is 10.6 Å². The van der Waals surface area contributed by atoms with Gasteiger partial charge in [-0.2, -0.15) is 0 Å². The van der Waals surface area contributed by atoms with Crippen molar-refractivity contribution in [1.82, 2.24) is 15.6 Å². The fourth-order valence-corrected chi connectivity index (χ4v) is 2.97. The van der Waals surface area contributed by atoms with Gasteiger partial charge < -0.3 is 19.5 Å². The van der Waals surface area contributed by atoms with E-state index in [4.69, 9.17) is 8.83 Å². The number of nitrogens with one attached hydrogen (secondary N) is 2. The van der Waals surface area contributed by atoms with Crippen molar-refractivity contribution < 1.29 is 13.6 Å². The monoisotopic (exact) mass is 409 g/mol. The lowest BCUT2D eigenvalue weighted by molar-refractivity contribution is -0.120. The molecule has 2 aromatic heterocycles. The number of benzene rings is 1. The summed E-state index contributed by atoms with van der Waals surface area (Å²) in [4.78, 5) is 16.6. The number of hydrogen-bond acceptors (Lipinski definition) is 5. The number of carbonyl (C=O) groups excluding carboxylic acids is 1. The maximum atomic E-state index is 12.2. The summed E-state index contributed by atoms with van der Waals surface area (Å²) < 4.78 is 10.9. The smallest absolute Gasteiger partial charge is 0.263 e. The van der Waals surface area contributed by atoms with Gasteiger partial charge in [-0.25, -0.2) is 4.98 Å². The van der Waals surface area contributed by atoms with Gasteiger partial charge in [-0.1, -0.05) is 18.2 Å². The van der Waals surface area contributed by atoms with Crippen molar-refractivity contribution in [3.8, 4) is 11.7 Å². The van der Waals surface area contributed by atoms with Crippen LogP contribution in [0, 0.1) is 6.92 Å². The van der Waals surface area contributed by atoms with Gasteiger partial charge in [0.2, 0.25) is 5.91 Å². The second-order valence-electron chi connectivity index (χ2n) is 6.16. The Hall–Kier alpha value is -2.28. The molecule has 8 heteroatoms. The van der Waals surface area contributed by atoms with E-state index in [0.717, 1.165) is 18.7 Å². The minimum atomic E-state index is -0.0824. The Bertz CT molecular complexity index is 907. The summed E-state index contributed by atoms with van der Waals surface area (Å²) >= 11 is 0. The van der Waals surface area contributed by atoms with Gasteiger partial charge in [-0.15, -0.1) is 24.8 Å². The molecule has 0 bridgehead atoms.